The van der Waals surface area contributed by atoms with Gasteiger partial charge >= 0.3 is 0 Å². The lowest BCUT2D eigenvalue weighted by molar-refractivity contribution is 0.699. The normalized spacial score (nSPS) is 12.3. The van der Waals surface area contributed by atoms with E-state index < -0.39 is 0 Å². The zero-order chi connectivity index (χ0) is 15.6. The van der Waals surface area contributed by atoms with Crippen LogP contribution in [0.1, 0.15) is 33.9 Å². The molecule has 0 amide bonds. The molecule has 0 aliphatic heterocycles. The fraction of sp³-hybridized carbons (Fsp3) is 0.368. The van der Waals surface area contributed by atoms with E-state index in [1.165, 1.54) is 33.5 Å². The Morgan fingerprint density at radius 2 is 1.52 bits per heavy atom. The summed E-state index contributed by atoms with van der Waals surface area (Å²) < 4.78 is 0. The van der Waals surface area contributed by atoms with Gasteiger partial charge in [-0.2, -0.15) is 0 Å². The van der Waals surface area contributed by atoms with Gasteiger partial charge in [-0.05, 0) is 62.1 Å². The van der Waals surface area contributed by atoms with E-state index in [0.29, 0.717) is 0 Å². The van der Waals surface area contributed by atoms with Crippen molar-refractivity contribution in [1.82, 2.24) is 0 Å². The first kappa shape index (κ1) is 15.6. The number of rotatable bonds is 4. The van der Waals surface area contributed by atoms with E-state index >= 15 is 0 Å². The van der Waals surface area contributed by atoms with Crippen molar-refractivity contribution in [3.8, 4) is 0 Å². The molecule has 0 heterocycles. The van der Waals surface area contributed by atoms with Crippen molar-refractivity contribution in [3.05, 3.63) is 64.2 Å². The van der Waals surface area contributed by atoms with Crippen LogP contribution in [0.5, 0.6) is 0 Å². The van der Waals surface area contributed by atoms with Crippen LogP contribution in [0.4, 0.5) is 5.69 Å². The highest BCUT2D eigenvalue weighted by Crippen LogP contribution is 2.22. The Hall–Kier alpha value is -1.80. The molecule has 2 aromatic rings. The van der Waals surface area contributed by atoms with Gasteiger partial charge in [0.05, 0.1) is 0 Å². The van der Waals surface area contributed by atoms with Gasteiger partial charge in [0.15, 0.2) is 0 Å². The fourth-order valence-electron chi connectivity index (χ4n) is 2.91. The Morgan fingerprint density at radius 1 is 0.905 bits per heavy atom. The monoisotopic (exact) mass is 282 g/mol. The molecule has 2 rings (SSSR count). The topological polar surface area (TPSA) is 29.3 Å². The van der Waals surface area contributed by atoms with Crippen molar-refractivity contribution in [2.45, 2.75) is 33.7 Å². The summed E-state index contributed by atoms with van der Waals surface area (Å²) in [6, 6.07) is 13.1. The molecule has 2 N–H and O–H groups in total. The lowest BCUT2D eigenvalue weighted by atomic mass is 9.99. The summed E-state index contributed by atoms with van der Waals surface area (Å²) in [5.74, 6) is 0. The van der Waals surface area contributed by atoms with E-state index in [-0.39, 0.29) is 6.04 Å². The van der Waals surface area contributed by atoms with Gasteiger partial charge in [-0.15, -0.1) is 0 Å². The van der Waals surface area contributed by atoms with Crippen molar-refractivity contribution < 1.29 is 0 Å². The van der Waals surface area contributed by atoms with Gasteiger partial charge in [0, 0.05) is 25.3 Å². The third-order valence-electron chi connectivity index (χ3n) is 3.94. The Morgan fingerprint density at radius 3 is 2.10 bits per heavy atom. The van der Waals surface area contributed by atoms with Gasteiger partial charge < -0.3 is 10.6 Å². The molecule has 0 radical (unpaired) electrons. The van der Waals surface area contributed by atoms with Gasteiger partial charge in [-0.25, -0.2) is 0 Å². The number of hydrogen-bond donors (Lipinski definition) is 1. The highest BCUT2D eigenvalue weighted by Gasteiger charge is 2.12. The van der Waals surface area contributed by atoms with E-state index in [1.807, 2.05) is 0 Å². The largest absolute Gasteiger partial charge is 0.373 e. The highest BCUT2D eigenvalue weighted by atomic mass is 15.1. The quantitative estimate of drug-likeness (QED) is 0.916. The maximum Gasteiger partial charge on any atom is 0.0475 e. The second kappa shape index (κ2) is 6.31. The van der Waals surface area contributed by atoms with Crippen LogP contribution in [0.25, 0.3) is 0 Å². The second-order valence-electron chi connectivity index (χ2n) is 6.19. The lowest BCUT2D eigenvalue weighted by Crippen LogP contribution is -2.29. The molecule has 21 heavy (non-hydrogen) atoms. The number of nitrogens with zero attached hydrogens (tertiary/aromatic N) is 1. The molecule has 0 saturated heterocycles. The summed E-state index contributed by atoms with van der Waals surface area (Å²) >= 11 is 0. The zero-order valence-electron chi connectivity index (χ0n) is 13.8. The molecule has 2 nitrogen and oxygen atoms in total. The van der Waals surface area contributed by atoms with Crippen molar-refractivity contribution in [2.75, 3.05) is 18.5 Å². The van der Waals surface area contributed by atoms with Crippen LogP contribution in [0.3, 0.4) is 0 Å². The van der Waals surface area contributed by atoms with E-state index in [0.717, 1.165) is 6.54 Å². The van der Waals surface area contributed by atoms with E-state index in [9.17, 15) is 0 Å². The van der Waals surface area contributed by atoms with Crippen LogP contribution in [-0.2, 0) is 0 Å². The highest BCUT2D eigenvalue weighted by molar-refractivity contribution is 5.50. The maximum atomic E-state index is 6.42. The first-order chi connectivity index (χ1) is 9.86. The second-order valence-corrected chi connectivity index (χ2v) is 6.19. The number of anilines is 1. The molecule has 0 bridgehead atoms. The van der Waals surface area contributed by atoms with Crippen molar-refractivity contribution >= 4 is 5.69 Å². The van der Waals surface area contributed by atoms with Crippen LogP contribution in [0.15, 0.2) is 36.4 Å². The molecule has 0 saturated carbocycles. The first-order valence-corrected chi connectivity index (χ1v) is 7.49. The SMILES string of the molecule is Cc1cc(C)cc(N(C)CC(N)c2ccc(C)cc2C)c1. The Bertz CT molecular complexity index is 611. The molecule has 0 aromatic heterocycles. The number of likely N-dealkylation sites (N-methyl/N-ethyl adjacent to an activating group) is 1. The van der Waals surface area contributed by atoms with Crippen LogP contribution in [-0.4, -0.2) is 13.6 Å². The minimum Gasteiger partial charge on any atom is -0.373 e. The fourth-order valence-corrected chi connectivity index (χ4v) is 2.91. The van der Waals surface area contributed by atoms with E-state index in [2.05, 4.69) is 76.0 Å². The number of nitrogens with two attached hydrogens (primary N) is 1. The van der Waals surface area contributed by atoms with Crippen LogP contribution < -0.4 is 10.6 Å². The van der Waals surface area contributed by atoms with Gasteiger partial charge in [0.1, 0.15) is 0 Å². The third-order valence-corrected chi connectivity index (χ3v) is 3.94. The Labute approximate surface area is 128 Å². The minimum atomic E-state index is 0.0245. The molecule has 1 unspecified atom stereocenters. The molecular formula is C19H26N2. The molecular weight excluding hydrogens is 256 g/mol. The smallest absolute Gasteiger partial charge is 0.0475 e. The lowest BCUT2D eigenvalue weighted by Gasteiger charge is -2.25. The molecule has 112 valence electrons. The molecule has 1 atom stereocenters. The molecule has 0 aliphatic rings. The zero-order valence-corrected chi connectivity index (χ0v) is 13.8. The Balaban J connectivity index is 2.16. The third kappa shape index (κ3) is 3.85. The summed E-state index contributed by atoms with van der Waals surface area (Å²) in [7, 11) is 2.11. The molecule has 0 fully saturated rings. The summed E-state index contributed by atoms with van der Waals surface area (Å²) in [4.78, 5) is 2.24. The van der Waals surface area contributed by atoms with Crippen LogP contribution in [0.2, 0.25) is 0 Å². The minimum absolute atomic E-state index is 0.0245. The Kier molecular flexibility index (Phi) is 4.69. The van der Waals surface area contributed by atoms with E-state index in [1.54, 1.807) is 0 Å². The summed E-state index contributed by atoms with van der Waals surface area (Å²) in [5.41, 5.74) is 14.0. The first-order valence-electron chi connectivity index (χ1n) is 7.49. The molecule has 0 aliphatic carbocycles. The van der Waals surface area contributed by atoms with Gasteiger partial charge in [0.25, 0.3) is 0 Å². The van der Waals surface area contributed by atoms with Crippen molar-refractivity contribution in [3.63, 3.8) is 0 Å². The van der Waals surface area contributed by atoms with Gasteiger partial charge in [-0.3, -0.25) is 0 Å². The van der Waals surface area contributed by atoms with Crippen LogP contribution >= 0.6 is 0 Å². The van der Waals surface area contributed by atoms with E-state index in [4.69, 9.17) is 5.73 Å². The standard InChI is InChI=1S/C19H26N2/c1-13-6-7-18(16(4)9-13)19(20)12-21(5)17-10-14(2)8-15(3)11-17/h6-11,19H,12,20H2,1-5H3. The predicted molar refractivity (Wildman–Crippen MR) is 92.0 cm³/mol. The maximum absolute atomic E-state index is 6.42. The molecule has 2 heteroatoms. The summed E-state index contributed by atoms with van der Waals surface area (Å²) in [6.45, 7) is 9.33. The van der Waals surface area contributed by atoms with Crippen molar-refractivity contribution in [1.29, 1.82) is 0 Å². The van der Waals surface area contributed by atoms with Gasteiger partial charge in [-0.1, -0.05) is 29.8 Å². The predicted octanol–water partition coefficient (Wildman–Crippen LogP) is 4.06. The van der Waals surface area contributed by atoms with Gasteiger partial charge in [0.2, 0.25) is 0 Å². The van der Waals surface area contributed by atoms with Crippen molar-refractivity contribution in [2.24, 2.45) is 5.73 Å². The summed E-state index contributed by atoms with van der Waals surface area (Å²) in [6.07, 6.45) is 0. The number of hydrogen-bond acceptors (Lipinski definition) is 2. The number of aryl methyl sites for hydroxylation is 4. The molecule has 0 spiro atoms. The average Bonchev–Trinajstić information content (AvgIpc) is 2.37. The summed E-state index contributed by atoms with van der Waals surface area (Å²) in [5, 5.41) is 0. The molecule has 2 aromatic carbocycles. The van der Waals surface area contributed by atoms with Crippen LogP contribution in [0, 0.1) is 27.7 Å². The average molecular weight is 282 g/mol. The number of benzene rings is 2.